The highest BCUT2D eigenvalue weighted by Gasteiger charge is 2.28. The summed E-state index contributed by atoms with van der Waals surface area (Å²) >= 11 is 0. The first-order valence-electron chi connectivity index (χ1n) is 6.51. The van der Waals surface area contributed by atoms with E-state index in [1.807, 2.05) is 4.90 Å². The molecule has 0 aromatic carbocycles. The average molecular weight is 252 g/mol. The van der Waals surface area contributed by atoms with Crippen LogP contribution in [0.4, 0.5) is 13.2 Å². The van der Waals surface area contributed by atoms with Crippen LogP contribution in [0, 0.1) is 5.92 Å². The van der Waals surface area contributed by atoms with E-state index in [1.54, 1.807) is 0 Å². The van der Waals surface area contributed by atoms with E-state index in [-0.39, 0.29) is 6.54 Å². The predicted molar refractivity (Wildman–Crippen MR) is 63.0 cm³/mol. The van der Waals surface area contributed by atoms with E-state index in [2.05, 4.69) is 12.2 Å². The molecule has 0 aromatic heterocycles. The first-order valence-corrected chi connectivity index (χ1v) is 6.51. The highest BCUT2D eigenvalue weighted by molar-refractivity contribution is 4.74. The van der Waals surface area contributed by atoms with E-state index in [4.69, 9.17) is 0 Å². The second kappa shape index (κ2) is 7.21. The van der Waals surface area contributed by atoms with Crippen LogP contribution in [-0.2, 0) is 0 Å². The lowest BCUT2D eigenvalue weighted by atomic mass is 9.96. The van der Waals surface area contributed by atoms with E-state index in [0.29, 0.717) is 5.92 Å². The Morgan fingerprint density at radius 1 is 1.24 bits per heavy atom. The van der Waals surface area contributed by atoms with Gasteiger partial charge in [-0.3, -0.25) is 0 Å². The van der Waals surface area contributed by atoms with E-state index < -0.39 is 12.6 Å². The molecule has 1 fully saturated rings. The molecule has 102 valence electrons. The van der Waals surface area contributed by atoms with Crippen molar-refractivity contribution in [1.29, 1.82) is 0 Å². The van der Waals surface area contributed by atoms with Crippen LogP contribution in [0.5, 0.6) is 0 Å². The molecule has 2 nitrogen and oxygen atoms in total. The molecule has 1 saturated heterocycles. The van der Waals surface area contributed by atoms with Crippen molar-refractivity contribution in [3.8, 4) is 0 Å². The van der Waals surface area contributed by atoms with Crippen LogP contribution in [-0.4, -0.2) is 43.8 Å². The fourth-order valence-corrected chi connectivity index (χ4v) is 2.18. The minimum Gasteiger partial charge on any atom is -0.316 e. The Morgan fingerprint density at radius 3 is 2.41 bits per heavy atom. The molecular formula is C12H23F3N2. The minimum absolute atomic E-state index is 0.165. The molecule has 0 saturated carbocycles. The molecule has 0 unspecified atom stereocenters. The molecule has 5 heteroatoms. The molecule has 0 spiro atoms. The average Bonchev–Trinajstić information content (AvgIpc) is 2.27. The van der Waals surface area contributed by atoms with Gasteiger partial charge in [0.05, 0.1) is 6.42 Å². The first kappa shape index (κ1) is 14.8. The maximum absolute atomic E-state index is 12.1. The molecule has 0 aromatic rings. The largest absolute Gasteiger partial charge is 0.390 e. The summed E-state index contributed by atoms with van der Waals surface area (Å²) in [6, 6.07) is 0. The Kier molecular flexibility index (Phi) is 6.27. The summed E-state index contributed by atoms with van der Waals surface area (Å²) in [5, 5.41) is 3.38. The third-order valence-electron chi connectivity index (χ3n) is 3.28. The van der Waals surface area contributed by atoms with Crippen molar-refractivity contribution in [3.05, 3.63) is 0 Å². The number of halogens is 3. The number of likely N-dealkylation sites (tertiary alicyclic amines) is 1. The fourth-order valence-electron chi connectivity index (χ4n) is 2.18. The lowest BCUT2D eigenvalue weighted by Gasteiger charge is -2.32. The standard InChI is InChI=1S/C12H23F3N2/c1-2-6-16-10-11-3-7-17(8-4-11)9-5-12(13,14)15/h11,16H,2-10H2,1H3. The molecular weight excluding hydrogens is 229 g/mol. The number of hydrogen-bond acceptors (Lipinski definition) is 2. The van der Waals surface area contributed by atoms with Crippen molar-refractivity contribution in [2.45, 2.75) is 38.8 Å². The van der Waals surface area contributed by atoms with Gasteiger partial charge < -0.3 is 10.2 Å². The summed E-state index contributed by atoms with van der Waals surface area (Å²) < 4.78 is 36.2. The molecule has 1 rings (SSSR count). The van der Waals surface area contributed by atoms with Crippen molar-refractivity contribution in [2.24, 2.45) is 5.92 Å². The van der Waals surface area contributed by atoms with Crippen molar-refractivity contribution in [1.82, 2.24) is 10.2 Å². The second-order valence-corrected chi connectivity index (χ2v) is 4.85. The lowest BCUT2D eigenvalue weighted by Crippen LogP contribution is -2.38. The number of rotatable bonds is 6. The summed E-state index contributed by atoms with van der Waals surface area (Å²) in [5.41, 5.74) is 0. The molecule has 0 amide bonds. The van der Waals surface area contributed by atoms with Crippen LogP contribution in [0.3, 0.4) is 0 Å². The van der Waals surface area contributed by atoms with Gasteiger partial charge in [0.2, 0.25) is 0 Å². The van der Waals surface area contributed by atoms with Crippen LogP contribution < -0.4 is 5.32 Å². The van der Waals surface area contributed by atoms with Crippen molar-refractivity contribution in [3.63, 3.8) is 0 Å². The predicted octanol–water partition coefficient (Wildman–Crippen LogP) is 2.65. The molecule has 1 N–H and O–H groups in total. The van der Waals surface area contributed by atoms with Gasteiger partial charge in [0.1, 0.15) is 0 Å². The summed E-state index contributed by atoms with van der Waals surface area (Å²) in [6.45, 7) is 5.98. The van der Waals surface area contributed by atoms with E-state index >= 15 is 0 Å². The zero-order valence-corrected chi connectivity index (χ0v) is 10.5. The molecule has 0 radical (unpaired) electrons. The van der Waals surface area contributed by atoms with Gasteiger partial charge in [0, 0.05) is 6.54 Å². The summed E-state index contributed by atoms with van der Waals surface area (Å²) in [7, 11) is 0. The summed E-state index contributed by atoms with van der Waals surface area (Å²) in [4.78, 5) is 1.93. The highest BCUT2D eigenvalue weighted by atomic mass is 19.4. The van der Waals surface area contributed by atoms with Gasteiger partial charge in [0.15, 0.2) is 0 Å². The van der Waals surface area contributed by atoms with Crippen LogP contribution in [0.1, 0.15) is 32.6 Å². The highest BCUT2D eigenvalue weighted by Crippen LogP contribution is 2.22. The molecule has 1 heterocycles. The van der Waals surface area contributed by atoms with E-state index in [1.165, 1.54) is 0 Å². The molecule has 1 aliphatic rings. The van der Waals surface area contributed by atoms with Gasteiger partial charge in [-0.05, 0) is 51.4 Å². The van der Waals surface area contributed by atoms with Gasteiger partial charge in [-0.25, -0.2) is 0 Å². The van der Waals surface area contributed by atoms with E-state index in [9.17, 15) is 13.2 Å². The minimum atomic E-state index is -4.01. The summed E-state index contributed by atoms with van der Waals surface area (Å²) in [6.07, 6.45) is -1.52. The number of hydrogen-bond donors (Lipinski definition) is 1. The van der Waals surface area contributed by atoms with Crippen molar-refractivity contribution < 1.29 is 13.2 Å². The van der Waals surface area contributed by atoms with Crippen LogP contribution in [0.15, 0.2) is 0 Å². The Labute approximate surface area is 102 Å². The first-order chi connectivity index (χ1) is 8.01. The van der Waals surface area contributed by atoms with Gasteiger partial charge in [-0.1, -0.05) is 6.92 Å². The zero-order valence-electron chi connectivity index (χ0n) is 10.5. The number of alkyl halides is 3. The maximum Gasteiger partial charge on any atom is 0.390 e. The molecule has 0 atom stereocenters. The van der Waals surface area contributed by atoms with Gasteiger partial charge >= 0.3 is 6.18 Å². The van der Waals surface area contributed by atoms with Crippen LogP contribution >= 0.6 is 0 Å². The third-order valence-corrected chi connectivity index (χ3v) is 3.28. The smallest absolute Gasteiger partial charge is 0.316 e. The normalized spacial score (nSPS) is 19.8. The Balaban J connectivity index is 2.09. The van der Waals surface area contributed by atoms with Crippen LogP contribution in [0.2, 0.25) is 0 Å². The SMILES string of the molecule is CCCNCC1CCN(CCC(F)(F)F)CC1. The molecule has 0 bridgehead atoms. The van der Waals surface area contributed by atoms with Gasteiger partial charge in [-0.15, -0.1) is 0 Å². The van der Waals surface area contributed by atoms with Crippen molar-refractivity contribution in [2.75, 3.05) is 32.7 Å². The van der Waals surface area contributed by atoms with Gasteiger partial charge in [0.25, 0.3) is 0 Å². The number of nitrogens with one attached hydrogen (secondary N) is 1. The Bertz CT molecular complexity index is 198. The zero-order chi connectivity index (χ0) is 12.7. The topological polar surface area (TPSA) is 15.3 Å². The number of nitrogens with zero attached hydrogens (tertiary/aromatic N) is 1. The monoisotopic (exact) mass is 252 g/mol. The van der Waals surface area contributed by atoms with E-state index in [0.717, 1.165) is 45.4 Å². The second-order valence-electron chi connectivity index (χ2n) is 4.85. The maximum atomic E-state index is 12.1. The number of piperidine rings is 1. The molecule has 1 aliphatic heterocycles. The Morgan fingerprint density at radius 2 is 1.88 bits per heavy atom. The lowest BCUT2D eigenvalue weighted by molar-refractivity contribution is -0.138. The van der Waals surface area contributed by atoms with Crippen LogP contribution in [0.25, 0.3) is 0 Å². The third kappa shape index (κ3) is 6.88. The van der Waals surface area contributed by atoms with Crippen molar-refractivity contribution >= 4 is 0 Å². The van der Waals surface area contributed by atoms with Gasteiger partial charge in [-0.2, -0.15) is 13.2 Å². The fraction of sp³-hybridized carbons (Fsp3) is 1.00. The summed E-state index contributed by atoms with van der Waals surface area (Å²) in [5.74, 6) is 0.642. The molecule has 0 aliphatic carbocycles. The molecule has 17 heavy (non-hydrogen) atoms. The quantitative estimate of drug-likeness (QED) is 0.731. The Hall–Kier alpha value is -0.290.